The van der Waals surface area contributed by atoms with Gasteiger partial charge in [0.1, 0.15) is 17.8 Å². The summed E-state index contributed by atoms with van der Waals surface area (Å²) in [6.45, 7) is 2.25. The number of rotatable bonds is 24. The summed E-state index contributed by atoms with van der Waals surface area (Å²) in [5.74, 6) is -2.14. The number of hydrogen-bond acceptors (Lipinski definition) is 11. The molecule has 1 atom stereocenters. The summed E-state index contributed by atoms with van der Waals surface area (Å²) in [6, 6.07) is 10.1. The molecule has 0 saturated heterocycles. The third kappa shape index (κ3) is 12.3. The monoisotopic (exact) mass is 925 g/mol. The summed E-state index contributed by atoms with van der Waals surface area (Å²) < 4.78 is 105. The lowest BCUT2D eigenvalue weighted by atomic mass is 9.97. The van der Waals surface area contributed by atoms with Crippen molar-refractivity contribution < 1.29 is 69.6 Å². The van der Waals surface area contributed by atoms with Crippen LogP contribution in [0.5, 0.6) is 11.5 Å². The molecule has 1 aliphatic rings. The Hall–Kier alpha value is -5.70. The second-order valence-corrected chi connectivity index (χ2v) is 14.8. The van der Waals surface area contributed by atoms with Crippen LogP contribution in [0.15, 0.2) is 54.6 Å². The van der Waals surface area contributed by atoms with Crippen molar-refractivity contribution in [2.75, 3.05) is 65.2 Å². The normalized spacial score (nSPS) is 13.3. The van der Waals surface area contributed by atoms with E-state index in [0.717, 1.165) is 27.8 Å². The minimum atomic E-state index is -4.83. The number of ether oxygens (including phenoxy) is 4. The van der Waals surface area contributed by atoms with Gasteiger partial charge in [-0.1, -0.05) is 23.7 Å². The van der Waals surface area contributed by atoms with Crippen LogP contribution < -0.4 is 15.4 Å². The molecular weight excluding hydrogens is 880 g/mol. The van der Waals surface area contributed by atoms with Crippen molar-refractivity contribution in [3.8, 4) is 33.9 Å². The molecule has 14 nitrogen and oxygen atoms in total. The fourth-order valence-electron chi connectivity index (χ4n) is 6.81. The standard InChI is InChI=1S/C43H46ClF6N5O9/c1-51-36(57)14-10-27(25-56)55-40(59)29-7-6-8-32(38(29)41(55)60)52-15-18-62-20-22-63-21-19-61-16-4-3-5-17-64-34-13-11-28(33-24-35(43(48,49)50)53-54(33)2)39(58)37(34)26-9-12-31(44)30(23-26)42(45,46)47/h6-9,11-13,23-25,27,52,58H,3-5,10,14-22H2,1-2H3,(H,51,57). The van der Waals surface area contributed by atoms with Crippen LogP contribution in [0, 0.1) is 0 Å². The number of hydrogen-bond donors (Lipinski definition) is 3. The molecule has 2 heterocycles. The number of phenolic OH excluding ortho intramolecular Hbond substituents is 1. The van der Waals surface area contributed by atoms with Gasteiger partial charge >= 0.3 is 12.4 Å². The molecule has 0 aliphatic carbocycles. The number of nitrogens with one attached hydrogen (secondary N) is 2. The molecule has 3 N–H and O–H groups in total. The zero-order valence-electron chi connectivity index (χ0n) is 34.7. The smallest absolute Gasteiger partial charge is 0.435 e. The Morgan fingerprint density at radius 2 is 1.53 bits per heavy atom. The molecule has 346 valence electrons. The number of unbranched alkanes of at least 4 members (excludes halogenated alkanes) is 2. The predicted molar refractivity (Wildman–Crippen MR) is 221 cm³/mol. The zero-order chi connectivity index (χ0) is 46.6. The van der Waals surface area contributed by atoms with Gasteiger partial charge in [-0.05, 0) is 73.7 Å². The number of anilines is 1. The number of alkyl halides is 6. The van der Waals surface area contributed by atoms with Crippen LogP contribution >= 0.6 is 11.6 Å². The molecule has 3 amide bonds. The first-order chi connectivity index (χ1) is 30.5. The number of phenols is 1. The van der Waals surface area contributed by atoms with Crippen LogP contribution in [0.1, 0.15) is 64.1 Å². The minimum absolute atomic E-state index is 0.00237. The van der Waals surface area contributed by atoms with Gasteiger partial charge in [-0.25, -0.2) is 0 Å². The number of benzene rings is 3. The molecule has 0 bridgehead atoms. The van der Waals surface area contributed by atoms with Crippen molar-refractivity contribution in [1.82, 2.24) is 20.0 Å². The van der Waals surface area contributed by atoms with Crippen molar-refractivity contribution in [3.05, 3.63) is 82.0 Å². The molecule has 1 aromatic heterocycles. The molecule has 5 rings (SSSR count). The van der Waals surface area contributed by atoms with Crippen molar-refractivity contribution in [2.24, 2.45) is 7.05 Å². The Morgan fingerprint density at radius 1 is 0.844 bits per heavy atom. The Bertz CT molecular complexity index is 2290. The van der Waals surface area contributed by atoms with Gasteiger partial charge in [-0.15, -0.1) is 0 Å². The van der Waals surface area contributed by atoms with Crippen molar-refractivity contribution in [1.29, 1.82) is 0 Å². The molecular formula is C43H46ClF6N5O9. The maximum atomic E-state index is 13.8. The predicted octanol–water partition coefficient (Wildman–Crippen LogP) is 7.55. The Morgan fingerprint density at radius 3 is 2.19 bits per heavy atom. The number of aldehydes is 1. The van der Waals surface area contributed by atoms with Gasteiger partial charge in [-0.2, -0.15) is 31.4 Å². The number of carbonyl (C=O) groups excluding carboxylic acids is 4. The highest BCUT2D eigenvalue weighted by Gasteiger charge is 2.42. The van der Waals surface area contributed by atoms with Crippen molar-refractivity contribution in [3.63, 3.8) is 0 Å². The quantitative estimate of drug-likeness (QED) is 0.0275. The molecule has 1 aliphatic heterocycles. The topological polar surface area (TPSA) is 171 Å². The van der Waals surface area contributed by atoms with Crippen molar-refractivity contribution in [2.45, 2.75) is 50.5 Å². The molecule has 64 heavy (non-hydrogen) atoms. The first-order valence-corrected chi connectivity index (χ1v) is 20.5. The number of aromatic hydroxyl groups is 1. The number of halogens is 7. The van der Waals surface area contributed by atoms with E-state index >= 15 is 0 Å². The number of aryl methyl sites for hydroxylation is 1. The summed E-state index contributed by atoms with van der Waals surface area (Å²) in [7, 11) is 2.69. The van der Waals surface area contributed by atoms with Crippen LogP contribution in [-0.4, -0.2) is 110 Å². The highest BCUT2D eigenvalue weighted by atomic mass is 35.5. The number of carbonyl (C=O) groups is 4. The molecule has 4 aromatic rings. The van der Waals surface area contributed by atoms with E-state index in [-0.39, 0.29) is 84.4 Å². The average Bonchev–Trinajstić information content (AvgIpc) is 3.77. The summed E-state index contributed by atoms with van der Waals surface area (Å²) in [4.78, 5) is 50.5. The van der Waals surface area contributed by atoms with Crippen LogP contribution in [0.3, 0.4) is 0 Å². The van der Waals surface area contributed by atoms with E-state index in [1.165, 1.54) is 38.4 Å². The highest BCUT2D eigenvalue weighted by Crippen LogP contribution is 2.47. The Balaban J connectivity index is 1.00. The summed E-state index contributed by atoms with van der Waals surface area (Å²) >= 11 is 5.82. The molecule has 0 spiro atoms. The second kappa shape index (κ2) is 22.3. The van der Waals surface area contributed by atoms with E-state index in [1.54, 1.807) is 12.1 Å². The summed E-state index contributed by atoms with van der Waals surface area (Å²) in [5, 5.41) is 19.8. The fraction of sp³-hybridized carbons (Fsp3) is 0.419. The highest BCUT2D eigenvalue weighted by molar-refractivity contribution is 6.31. The lowest BCUT2D eigenvalue weighted by molar-refractivity contribution is -0.141. The summed E-state index contributed by atoms with van der Waals surface area (Å²) in [5.41, 5.74) is -2.18. The molecule has 21 heteroatoms. The van der Waals surface area contributed by atoms with Gasteiger partial charge < -0.3 is 39.5 Å². The van der Waals surface area contributed by atoms with E-state index in [4.69, 9.17) is 30.5 Å². The van der Waals surface area contributed by atoms with E-state index in [0.29, 0.717) is 57.6 Å². The number of imide groups is 1. The average molecular weight is 926 g/mol. The molecule has 0 saturated carbocycles. The molecule has 1 unspecified atom stereocenters. The fourth-order valence-corrected chi connectivity index (χ4v) is 7.04. The van der Waals surface area contributed by atoms with E-state index in [1.807, 2.05) is 0 Å². The van der Waals surface area contributed by atoms with Gasteiger partial charge in [0, 0.05) is 44.9 Å². The SMILES string of the molecule is CNC(=O)CCC(C=O)N1C(=O)c2cccc(NCCOCCOCCOCCCCCOc3ccc(-c4cc(C(F)(F)F)nn4C)c(O)c3-c3ccc(Cl)c(C(F)(F)F)c3)c2C1=O. The molecule has 0 radical (unpaired) electrons. The lowest BCUT2D eigenvalue weighted by Gasteiger charge is -2.21. The summed E-state index contributed by atoms with van der Waals surface area (Å²) in [6.07, 6.45) is -7.36. The third-order valence-corrected chi connectivity index (χ3v) is 10.4. The van der Waals surface area contributed by atoms with Gasteiger partial charge in [0.2, 0.25) is 5.91 Å². The maximum absolute atomic E-state index is 13.8. The Kier molecular flexibility index (Phi) is 17.2. The Labute approximate surface area is 368 Å². The van der Waals surface area contributed by atoms with Crippen LogP contribution in [0.2, 0.25) is 5.02 Å². The van der Waals surface area contributed by atoms with Gasteiger partial charge in [0.25, 0.3) is 11.8 Å². The van der Waals surface area contributed by atoms with Crippen LogP contribution in [0.25, 0.3) is 22.4 Å². The van der Waals surface area contributed by atoms with Crippen LogP contribution in [-0.2, 0) is 43.2 Å². The van der Waals surface area contributed by atoms with Crippen molar-refractivity contribution >= 4 is 41.3 Å². The number of aromatic nitrogens is 2. The third-order valence-electron chi connectivity index (χ3n) is 10.0. The van der Waals surface area contributed by atoms with Crippen LogP contribution in [0.4, 0.5) is 32.0 Å². The maximum Gasteiger partial charge on any atom is 0.435 e. The molecule has 3 aromatic carbocycles. The number of fused-ring (bicyclic) bond motifs is 1. The first kappa shape index (κ1) is 49.3. The lowest BCUT2D eigenvalue weighted by Crippen LogP contribution is -2.41. The largest absolute Gasteiger partial charge is 0.506 e. The molecule has 0 fully saturated rings. The van der Waals surface area contributed by atoms with E-state index in [9.17, 15) is 50.6 Å². The first-order valence-electron chi connectivity index (χ1n) is 20.1. The number of nitrogens with zero attached hydrogens (tertiary/aromatic N) is 3. The van der Waals surface area contributed by atoms with E-state index < -0.39 is 52.2 Å². The zero-order valence-corrected chi connectivity index (χ0v) is 35.5. The van der Waals surface area contributed by atoms with E-state index in [2.05, 4.69) is 15.7 Å². The van der Waals surface area contributed by atoms with Gasteiger partial charge in [0.05, 0.1) is 78.7 Å². The minimum Gasteiger partial charge on any atom is -0.506 e. The van der Waals surface area contributed by atoms with Gasteiger partial charge in [-0.3, -0.25) is 24.0 Å². The van der Waals surface area contributed by atoms with Gasteiger partial charge in [0.15, 0.2) is 5.69 Å². The number of amides is 3. The second-order valence-electron chi connectivity index (χ2n) is 14.4.